The first-order valence-corrected chi connectivity index (χ1v) is 6.76. The Morgan fingerprint density at radius 2 is 2.05 bits per heavy atom. The van der Waals surface area contributed by atoms with E-state index in [0.29, 0.717) is 24.0 Å². The number of halogens is 2. The van der Waals surface area contributed by atoms with Crippen molar-refractivity contribution >= 4 is 23.1 Å². The summed E-state index contributed by atoms with van der Waals surface area (Å²) in [6.45, 7) is 1.35. The average Bonchev–Trinajstić information content (AvgIpc) is 2.44. The molecule has 0 unspecified atom stereocenters. The molecule has 0 aliphatic heterocycles. The number of nitrogens with zero attached hydrogens (tertiary/aromatic N) is 3. The summed E-state index contributed by atoms with van der Waals surface area (Å²) in [5, 5.41) is 11.0. The van der Waals surface area contributed by atoms with Crippen LogP contribution in [0, 0.1) is 5.82 Å². The quantitative estimate of drug-likeness (QED) is 0.889. The predicted molar refractivity (Wildman–Crippen MR) is 80.8 cm³/mol. The van der Waals surface area contributed by atoms with Crippen LogP contribution in [0.3, 0.4) is 0 Å². The lowest BCUT2D eigenvalue weighted by molar-refractivity contribution is 0.252. The molecule has 1 N–H and O–H groups in total. The molecule has 1 heterocycles. The summed E-state index contributed by atoms with van der Waals surface area (Å²) in [6.07, 6.45) is 0. The van der Waals surface area contributed by atoms with Crippen LogP contribution in [0.2, 0.25) is 5.02 Å². The zero-order chi connectivity index (χ0) is 15.2. The lowest BCUT2D eigenvalue weighted by atomic mass is 10.3. The van der Waals surface area contributed by atoms with Crippen LogP contribution in [-0.2, 0) is 0 Å². The number of rotatable bonds is 6. The molecule has 0 saturated heterocycles. The van der Waals surface area contributed by atoms with Crippen molar-refractivity contribution in [2.45, 2.75) is 0 Å². The van der Waals surface area contributed by atoms with Crippen LogP contribution in [0.25, 0.3) is 0 Å². The molecule has 0 spiro atoms. The van der Waals surface area contributed by atoms with E-state index in [9.17, 15) is 4.39 Å². The lowest BCUT2D eigenvalue weighted by Crippen LogP contribution is -2.19. The minimum atomic E-state index is -0.460. The SMILES string of the molecule is CN(C)CCOc1ccc(Nc2ccc(F)c(Cl)c2)nn1. The molecule has 112 valence electrons. The Hall–Kier alpha value is -1.92. The molecule has 0 aliphatic carbocycles. The van der Waals surface area contributed by atoms with Crippen LogP contribution in [0.4, 0.5) is 15.9 Å². The third-order valence-electron chi connectivity index (χ3n) is 2.62. The zero-order valence-corrected chi connectivity index (χ0v) is 12.6. The fourth-order valence-electron chi connectivity index (χ4n) is 1.52. The number of anilines is 2. The summed E-state index contributed by atoms with van der Waals surface area (Å²) in [5.74, 6) is 0.523. The summed E-state index contributed by atoms with van der Waals surface area (Å²) >= 11 is 5.71. The molecular formula is C14H16ClFN4O. The highest BCUT2D eigenvalue weighted by atomic mass is 35.5. The molecule has 1 aromatic carbocycles. The van der Waals surface area contributed by atoms with Gasteiger partial charge in [-0.1, -0.05) is 11.6 Å². The van der Waals surface area contributed by atoms with Crippen molar-refractivity contribution in [1.29, 1.82) is 0 Å². The minimum Gasteiger partial charge on any atom is -0.475 e. The van der Waals surface area contributed by atoms with Crippen molar-refractivity contribution in [2.24, 2.45) is 0 Å². The summed E-state index contributed by atoms with van der Waals surface area (Å²) < 4.78 is 18.5. The first-order chi connectivity index (χ1) is 10.0. The molecule has 0 radical (unpaired) electrons. The van der Waals surface area contributed by atoms with Gasteiger partial charge in [0.05, 0.1) is 5.02 Å². The highest BCUT2D eigenvalue weighted by molar-refractivity contribution is 6.31. The number of aromatic nitrogens is 2. The molecule has 0 fully saturated rings. The average molecular weight is 311 g/mol. The maximum Gasteiger partial charge on any atom is 0.233 e. The second-order valence-electron chi connectivity index (χ2n) is 4.66. The fraction of sp³-hybridized carbons (Fsp3) is 0.286. The minimum absolute atomic E-state index is 0.0524. The Labute approximate surface area is 127 Å². The number of hydrogen-bond acceptors (Lipinski definition) is 5. The topological polar surface area (TPSA) is 50.3 Å². The van der Waals surface area contributed by atoms with Crippen molar-refractivity contribution in [3.8, 4) is 5.88 Å². The Kier molecular flexibility index (Phi) is 5.30. The second-order valence-corrected chi connectivity index (χ2v) is 5.07. The lowest BCUT2D eigenvalue weighted by Gasteiger charge is -2.10. The molecule has 0 aliphatic rings. The maximum atomic E-state index is 13.1. The van der Waals surface area contributed by atoms with Gasteiger partial charge in [-0.05, 0) is 38.4 Å². The van der Waals surface area contributed by atoms with Gasteiger partial charge in [0.1, 0.15) is 12.4 Å². The van der Waals surface area contributed by atoms with Crippen LogP contribution < -0.4 is 10.1 Å². The Morgan fingerprint density at radius 1 is 1.24 bits per heavy atom. The third-order valence-corrected chi connectivity index (χ3v) is 2.91. The monoisotopic (exact) mass is 310 g/mol. The smallest absolute Gasteiger partial charge is 0.233 e. The first kappa shape index (κ1) is 15.5. The summed E-state index contributed by atoms with van der Waals surface area (Å²) in [4.78, 5) is 2.02. The van der Waals surface area contributed by atoms with Crippen molar-refractivity contribution in [3.05, 3.63) is 41.2 Å². The van der Waals surface area contributed by atoms with Gasteiger partial charge in [-0.25, -0.2) is 4.39 Å². The van der Waals surface area contributed by atoms with E-state index in [1.807, 2.05) is 19.0 Å². The van der Waals surface area contributed by atoms with Gasteiger partial charge < -0.3 is 15.0 Å². The normalized spacial score (nSPS) is 10.7. The van der Waals surface area contributed by atoms with Gasteiger partial charge in [0.15, 0.2) is 5.82 Å². The van der Waals surface area contributed by atoms with Crippen LogP contribution in [-0.4, -0.2) is 42.3 Å². The second kappa shape index (κ2) is 7.19. The van der Waals surface area contributed by atoms with Crippen molar-refractivity contribution < 1.29 is 9.13 Å². The highest BCUT2D eigenvalue weighted by Crippen LogP contribution is 2.22. The Balaban J connectivity index is 1.94. The predicted octanol–water partition coefficient (Wildman–Crippen LogP) is 2.95. The van der Waals surface area contributed by atoms with Gasteiger partial charge in [0.2, 0.25) is 5.88 Å². The van der Waals surface area contributed by atoms with Crippen molar-refractivity contribution in [1.82, 2.24) is 15.1 Å². The number of hydrogen-bond donors (Lipinski definition) is 1. The van der Waals surface area contributed by atoms with Crippen LogP contribution in [0.15, 0.2) is 30.3 Å². The van der Waals surface area contributed by atoms with E-state index in [4.69, 9.17) is 16.3 Å². The summed E-state index contributed by atoms with van der Waals surface area (Å²) in [5.41, 5.74) is 0.636. The van der Waals surface area contributed by atoms with E-state index in [1.54, 1.807) is 18.2 Å². The fourth-order valence-corrected chi connectivity index (χ4v) is 1.70. The molecule has 0 amide bonds. The van der Waals surface area contributed by atoms with E-state index in [1.165, 1.54) is 12.1 Å². The van der Waals surface area contributed by atoms with E-state index in [-0.39, 0.29) is 5.02 Å². The molecule has 7 heteroatoms. The van der Waals surface area contributed by atoms with Gasteiger partial charge in [-0.2, -0.15) is 0 Å². The van der Waals surface area contributed by atoms with E-state index < -0.39 is 5.82 Å². The number of likely N-dealkylation sites (N-methyl/N-ethyl adjacent to an activating group) is 1. The van der Waals surface area contributed by atoms with Gasteiger partial charge in [0.25, 0.3) is 0 Å². The van der Waals surface area contributed by atoms with Gasteiger partial charge in [-0.3, -0.25) is 0 Å². The molecule has 5 nitrogen and oxygen atoms in total. The molecule has 0 atom stereocenters. The number of benzene rings is 1. The summed E-state index contributed by atoms with van der Waals surface area (Å²) in [6, 6.07) is 7.80. The Morgan fingerprint density at radius 3 is 2.67 bits per heavy atom. The number of ether oxygens (including phenoxy) is 1. The standard InChI is InChI=1S/C14H16ClFN4O/c1-20(2)7-8-21-14-6-5-13(18-19-14)17-10-3-4-12(16)11(15)9-10/h3-6,9H,7-8H2,1-2H3,(H,17,18). The molecule has 21 heavy (non-hydrogen) atoms. The van der Waals surface area contributed by atoms with E-state index in [0.717, 1.165) is 6.54 Å². The highest BCUT2D eigenvalue weighted by Gasteiger charge is 2.03. The zero-order valence-electron chi connectivity index (χ0n) is 11.8. The third kappa shape index (κ3) is 4.84. The van der Waals surface area contributed by atoms with Crippen molar-refractivity contribution in [3.63, 3.8) is 0 Å². The van der Waals surface area contributed by atoms with Gasteiger partial charge in [0, 0.05) is 18.3 Å². The number of nitrogens with one attached hydrogen (secondary N) is 1. The van der Waals surface area contributed by atoms with Crippen LogP contribution in [0.5, 0.6) is 5.88 Å². The van der Waals surface area contributed by atoms with E-state index in [2.05, 4.69) is 15.5 Å². The molecule has 0 saturated carbocycles. The first-order valence-electron chi connectivity index (χ1n) is 6.38. The van der Waals surface area contributed by atoms with Crippen LogP contribution in [0.1, 0.15) is 0 Å². The molecule has 1 aromatic heterocycles. The summed E-state index contributed by atoms with van der Waals surface area (Å²) in [7, 11) is 3.94. The maximum absolute atomic E-state index is 13.1. The molecule has 0 bridgehead atoms. The van der Waals surface area contributed by atoms with Crippen LogP contribution >= 0.6 is 11.6 Å². The molecule has 2 aromatic rings. The van der Waals surface area contributed by atoms with E-state index >= 15 is 0 Å². The molecular weight excluding hydrogens is 295 g/mol. The van der Waals surface area contributed by atoms with Crippen molar-refractivity contribution in [2.75, 3.05) is 32.6 Å². The largest absolute Gasteiger partial charge is 0.475 e. The Bertz CT molecular complexity index is 592. The van der Waals surface area contributed by atoms with Gasteiger partial charge >= 0.3 is 0 Å². The van der Waals surface area contributed by atoms with Gasteiger partial charge in [-0.15, -0.1) is 10.2 Å². The molecule has 2 rings (SSSR count).